The molecule has 7 nitrogen and oxygen atoms in total. The van der Waals surface area contributed by atoms with Gasteiger partial charge in [-0.2, -0.15) is 0 Å². The quantitative estimate of drug-likeness (QED) is 0.610. The monoisotopic (exact) mass is 460 g/mol. The highest BCUT2D eigenvalue weighted by Crippen LogP contribution is 2.34. The normalized spacial score (nSPS) is 22.1. The third kappa shape index (κ3) is 4.78. The van der Waals surface area contributed by atoms with Crippen LogP contribution in [0, 0.1) is 5.92 Å². The maximum Gasteiger partial charge on any atom is 0.253 e. The summed E-state index contributed by atoms with van der Waals surface area (Å²) in [4.78, 5) is 21.6. The molecule has 2 aliphatic rings. The molecule has 178 valence electrons. The van der Waals surface area contributed by atoms with Crippen LogP contribution in [0.2, 0.25) is 0 Å². The van der Waals surface area contributed by atoms with Gasteiger partial charge in [-0.25, -0.2) is 0 Å². The van der Waals surface area contributed by atoms with Crippen LogP contribution in [0.3, 0.4) is 0 Å². The molecule has 2 fully saturated rings. The third-order valence-electron chi connectivity index (χ3n) is 7.06. The van der Waals surface area contributed by atoms with E-state index in [2.05, 4.69) is 41.3 Å². The lowest BCUT2D eigenvalue weighted by Gasteiger charge is -2.32. The molecule has 5 rings (SSSR count). The highest BCUT2D eigenvalue weighted by atomic mass is 16.5. The number of hydrogen-bond donors (Lipinski definition) is 2. The Labute approximate surface area is 200 Å². The summed E-state index contributed by atoms with van der Waals surface area (Å²) >= 11 is 0. The number of aromatic nitrogens is 1. The van der Waals surface area contributed by atoms with Gasteiger partial charge in [-0.15, -0.1) is 0 Å². The molecular formula is C27H32N4O3. The van der Waals surface area contributed by atoms with Gasteiger partial charge in [0.25, 0.3) is 5.91 Å². The molecule has 2 aliphatic heterocycles. The minimum absolute atomic E-state index is 0.0492. The predicted octanol–water partition coefficient (Wildman–Crippen LogP) is 2.98. The number of carbonyl (C=O) groups excluding carboxylic acids is 1. The van der Waals surface area contributed by atoms with Crippen molar-refractivity contribution in [1.29, 1.82) is 0 Å². The fourth-order valence-corrected chi connectivity index (χ4v) is 4.81. The summed E-state index contributed by atoms with van der Waals surface area (Å²) in [6.45, 7) is 6.13. The van der Waals surface area contributed by atoms with Crippen molar-refractivity contribution >= 4 is 16.8 Å². The lowest BCUT2D eigenvalue weighted by molar-refractivity contribution is 0.0664. The molecule has 0 saturated carbocycles. The van der Waals surface area contributed by atoms with Crippen molar-refractivity contribution in [2.45, 2.75) is 25.7 Å². The topological polar surface area (TPSA) is 77.9 Å². The molecule has 2 N–H and O–H groups in total. The summed E-state index contributed by atoms with van der Waals surface area (Å²) in [7, 11) is 2.09. The number of hydrogen-bond acceptors (Lipinski definition) is 6. The van der Waals surface area contributed by atoms with Crippen molar-refractivity contribution in [3.05, 3.63) is 60.3 Å². The lowest BCUT2D eigenvalue weighted by atomic mass is 10.00. The number of pyridine rings is 1. The van der Waals surface area contributed by atoms with Gasteiger partial charge in [0.1, 0.15) is 18.1 Å². The molecule has 0 spiro atoms. The van der Waals surface area contributed by atoms with Crippen LogP contribution in [-0.4, -0.2) is 77.9 Å². The predicted molar refractivity (Wildman–Crippen MR) is 133 cm³/mol. The summed E-state index contributed by atoms with van der Waals surface area (Å²) < 4.78 is 6.42. The number of aliphatic hydroxyl groups is 1. The fourth-order valence-electron chi connectivity index (χ4n) is 4.81. The van der Waals surface area contributed by atoms with E-state index in [0.29, 0.717) is 12.0 Å². The molecule has 3 atom stereocenters. The first-order valence-electron chi connectivity index (χ1n) is 12.0. The Morgan fingerprint density at radius 2 is 1.88 bits per heavy atom. The first kappa shape index (κ1) is 22.8. The van der Waals surface area contributed by atoms with Gasteiger partial charge in [0.05, 0.1) is 5.52 Å². The molecule has 7 heteroatoms. The van der Waals surface area contributed by atoms with Gasteiger partial charge in [0.15, 0.2) is 0 Å². The number of piperazine rings is 1. The van der Waals surface area contributed by atoms with Crippen molar-refractivity contribution in [1.82, 2.24) is 20.1 Å². The standard InChI is InChI=1S/C27H32N4O3/c1-18(22-16-26(32)29-17-22)34-25-15-21(14-24-23(25)4-3-9-28-24)19-5-7-20(8-6-19)27(33)31-12-10-30(2)11-13-31/h3-9,14-15,18,22,26,29,32H,10-13,16-17H2,1-2H3/t18-,22-,26?/m1/s1. The van der Waals surface area contributed by atoms with E-state index in [4.69, 9.17) is 4.74 Å². The molecule has 1 aromatic heterocycles. The lowest BCUT2D eigenvalue weighted by Crippen LogP contribution is -2.47. The number of likely N-dealkylation sites (N-methyl/N-ethyl adjacent to an activating group) is 1. The van der Waals surface area contributed by atoms with E-state index in [-0.39, 0.29) is 17.9 Å². The maximum atomic E-state index is 12.9. The van der Waals surface area contributed by atoms with Crippen LogP contribution in [0.4, 0.5) is 0 Å². The fraction of sp³-hybridized carbons (Fsp3) is 0.407. The van der Waals surface area contributed by atoms with E-state index in [1.807, 2.05) is 41.3 Å². The number of rotatable bonds is 5. The van der Waals surface area contributed by atoms with E-state index in [0.717, 1.165) is 60.5 Å². The average molecular weight is 461 g/mol. The smallest absolute Gasteiger partial charge is 0.253 e. The SMILES string of the molecule is C[C@@H](Oc1cc(-c2ccc(C(=O)N3CCN(C)CC3)cc2)cc2ncccc12)[C@H]1CNC(O)C1. The Kier molecular flexibility index (Phi) is 6.50. The number of carbonyl (C=O) groups is 1. The van der Waals surface area contributed by atoms with E-state index >= 15 is 0 Å². The highest BCUT2D eigenvalue weighted by Gasteiger charge is 2.28. The molecule has 3 heterocycles. The zero-order valence-electron chi connectivity index (χ0n) is 19.8. The Bertz CT molecular complexity index is 1160. The number of aliphatic hydroxyl groups excluding tert-OH is 1. The maximum absolute atomic E-state index is 12.9. The number of nitrogens with zero attached hydrogens (tertiary/aromatic N) is 3. The minimum atomic E-state index is -0.465. The van der Waals surface area contributed by atoms with Gasteiger partial charge < -0.3 is 19.6 Å². The molecule has 34 heavy (non-hydrogen) atoms. The summed E-state index contributed by atoms with van der Waals surface area (Å²) in [5, 5.41) is 13.9. The third-order valence-corrected chi connectivity index (χ3v) is 7.06. The molecule has 0 aliphatic carbocycles. The largest absolute Gasteiger partial charge is 0.490 e. The van der Waals surface area contributed by atoms with Crippen LogP contribution >= 0.6 is 0 Å². The van der Waals surface area contributed by atoms with E-state index in [1.165, 1.54) is 0 Å². The second-order valence-electron chi connectivity index (χ2n) is 9.46. The summed E-state index contributed by atoms with van der Waals surface area (Å²) in [5.74, 6) is 1.11. The molecule has 1 unspecified atom stereocenters. The van der Waals surface area contributed by atoms with E-state index in [9.17, 15) is 9.90 Å². The summed E-state index contributed by atoms with van der Waals surface area (Å²) in [5.41, 5.74) is 3.59. The van der Waals surface area contributed by atoms with Crippen LogP contribution in [0.5, 0.6) is 5.75 Å². The highest BCUT2D eigenvalue weighted by molar-refractivity contribution is 5.95. The number of ether oxygens (including phenoxy) is 1. The number of nitrogens with one attached hydrogen (secondary N) is 1. The second-order valence-corrected chi connectivity index (χ2v) is 9.46. The van der Waals surface area contributed by atoms with Gasteiger partial charge in [0, 0.05) is 55.8 Å². The Morgan fingerprint density at radius 1 is 1.12 bits per heavy atom. The summed E-state index contributed by atoms with van der Waals surface area (Å²) in [6, 6.07) is 15.9. The molecule has 0 radical (unpaired) electrons. The molecule has 0 bridgehead atoms. The zero-order chi connectivity index (χ0) is 23.7. The second kappa shape index (κ2) is 9.70. The van der Waals surface area contributed by atoms with E-state index < -0.39 is 6.23 Å². The first-order chi connectivity index (χ1) is 16.5. The van der Waals surface area contributed by atoms with Gasteiger partial charge in [-0.05, 0) is 67.9 Å². The van der Waals surface area contributed by atoms with Crippen LogP contribution in [-0.2, 0) is 0 Å². The Balaban J connectivity index is 1.39. The molecule has 1 amide bonds. The van der Waals surface area contributed by atoms with Crippen LogP contribution < -0.4 is 10.1 Å². The van der Waals surface area contributed by atoms with Crippen molar-refractivity contribution in [3.8, 4) is 16.9 Å². The van der Waals surface area contributed by atoms with E-state index in [1.54, 1.807) is 6.20 Å². The Hall–Kier alpha value is -3.00. The first-order valence-corrected chi connectivity index (χ1v) is 12.0. The van der Waals surface area contributed by atoms with Gasteiger partial charge in [0.2, 0.25) is 0 Å². The van der Waals surface area contributed by atoms with Crippen LogP contribution in [0.1, 0.15) is 23.7 Å². The van der Waals surface area contributed by atoms with Crippen molar-refractivity contribution in [2.75, 3.05) is 39.8 Å². The average Bonchev–Trinajstić information content (AvgIpc) is 3.30. The van der Waals surface area contributed by atoms with Crippen molar-refractivity contribution < 1.29 is 14.6 Å². The van der Waals surface area contributed by atoms with Gasteiger partial charge in [-0.1, -0.05) is 12.1 Å². The molecule has 2 saturated heterocycles. The summed E-state index contributed by atoms with van der Waals surface area (Å²) in [6.07, 6.45) is 1.95. The van der Waals surface area contributed by atoms with Crippen molar-refractivity contribution in [3.63, 3.8) is 0 Å². The van der Waals surface area contributed by atoms with Gasteiger partial charge in [-0.3, -0.25) is 15.1 Å². The molecule has 3 aromatic rings. The molecular weight excluding hydrogens is 428 g/mol. The molecule has 2 aromatic carbocycles. The zero-order valence-corrected chi connectivity index (χ0v) is 19.8. The minimum Gasteiger partial charge on any atom is -0.490 e. The number of benzene rings is 2. The number of fused-ring (bicyclic) bond motifs is 1. The van der Waals surface area contributed by atoms with Crippen LogP contribution in [0.25, 0.3) is 22.0 Å². The van der Waals surface area contributed by atoms with Gasteiger partial charge >= 0.3 is 0 Å². The van der Waals surface area contributed by atoms with Crippen molar-refractivity contribution in [2.24, 2.45) is 5.92 Å². The van der Waals surface area contributed by atoms with Crippen LogP contribution in [0.15, 0.2) is 54.7 Å². The Morgan fingerprint density at radius 3 is 2.59 bits per heavy atom. The number of amides is 1.